The molecular formula is C20H34O. The van der Waals surface area contributed by atoms with Gasteiger partial charge in [-0.05, 0) is 73.7 Å². The van der Waals surface area contributed by atoms with Crippen LogP contribution in [0.4, 0.5) is 0 Å². The van der Waals surface area contributed by atoms with Gasteiger partial charge in [0.05, 0.1) is 0 Å². The standard InChI is InChI=1S/C20H34O/c1-15(11-14-21)7-9-17-16(2)8-10-18-19(3,4)12-6-13-20(17,18)5/h11,14,16-18H,6-10,12-13H2,1-5H3. The van der Waals surface area contributed by atoms with Crippen molar-refractivity contribution in [3.8, 4) is 0 Å². The van der Waals surface area contributed by atoms with Gasteiger partial charge in [-0.15, -0.1) is 0 Å². The zero-order valence-corrected chi connectivity index (χ0v) is 14.7. The van der Waals surface area contributed by atoms with Gasteiger partial charge in [-0.25, -0.2) is 0 Å². The average molecular weight is 290 g/mol. The summed E-state index contributed by atoms with van der Waals surface area (Å²) in [6, 6.07) is 0. The largest absolute Gasteiger partial charge is 0.299 e. The van der Waals surface area contributed by atoms with E-state index in [9.17, 15) is 4.79 Å². The molecule has 0 aromatic carbocycles. The lowest BCUT2D eigenvalue weighted by molar-refractivity contribution is -0.104. The maximum absolute atomic E-state index is 10.6. The third kappa shape index (κ3) is 3.27. The molecule has 21 heavy (non-hydrogen) atoms. The predicted octanol–water partition coefficient (Wildman–Crippen LogP) is 5.79. The van der Waals surface area contributed by atoms with E-state index >= 15 is 0 Å². The van der Waals surface area contributed by atoms with E-state index in [-0.39, 0.29) is 0 Å². The lowest BCUT2D eigenvalue weighted by Crippen LogP contribution is -2.51. The van der Waals surface area contributed by atoms with Crippen molar-refractivity contribution in [2.45, 2.75) is 79.6 Å². The molecule has 2 aliphatic rings. The highest BCUT2D eigenvalue weighted by atomic mass is 16.1. The Morgan fingerprint density at radius 1 is 1.19 bits per heavy atom. The second-order valence-electron chi connectivity index (χ2n) is 8.75. The summed E-state index contributed by atoms with van der Waals surface area (Å²) in [5.41, 5.74) is 2.28. The Hall–Kier alpha value is -0.590. The molecule has 0 bridgehead atoms. The van der Waals surface area contributed by atoms with E-state index in [0.29, 0.717) is 10.8 Å². The van der Waals surface area contributed by atoms with Gasteiger partial charge in [0.1, 0.15) is 6.29 Å². The van der Waals surface area contributed by atoms with Crippen molar-refractivity contribution in [3.63, 3.8) is 0 Å². The van der Waals surface area contributed by atoms with Crippen LogP contribution in [0, 0.1) is 28.6 Å². The molecule has 1 nitrogen and oxygen atoms in total. The monoisotopic (exact) mass is 290 g/mol. The van der Waals surface area contributed by atoms with Gasteiger partial charge in [0.15, 0.2) is 0 Å². The summed E-state index contributed by atoms with van der Waals surface area (Å²) in [5, 5.41) is 0. The van der Waals surface area contributed by atoms with Gasteiger partial charge in [-0.1, -0.05) is 46.1 Å². The first-order chi connectivity index (χ1) is 9.81. The molecule has 0 aliphatic heterocycles. The molecule has 2 fully saturated rings. The number of fused-ring (bicyclic) bond motifs is 1. The van der Waals surface area contributed by atoms with Gasteiger partial charge >= 0.3 is 0 Å². The number of allylic oxidation sites excluding steroid dienone is 2. The quantitative estimate of drug-likeness (QED) is 0.473. The normalized spacial score (nSPS) is 39.7. The van der Waals surface area contributed by atoms with Crippen LogP contribution in [0.25, 0.3) is 0 Å². The second-order valence-corrected chi connectivity index (χ2v) is 8.75. The Balaban J connectivity index is 2.17. The summed E-state index contributed by atoms with van der Waals surface area (Å²) in [5.74, 6) is 2.55. The molecule has 1 heteroatoms. The average Bonchev–Trinajstić information content (AvgIpc) is 2.37. The number of aldehydes is 1. The molecule has 0 aromatic heterocycles. The minimum Gasteiger partial charge on any atom is -0.299 e. The summed E-state index contributed by atoms with van der Waals surface area (Å²) < 4.78 is 0. The third-order valence-electron chi connectivity index (χ3n) is 6.92. The van der Waals surface area contributed by atoms with Crippen LogP contribution in [0.15, 0.2) is 11.6 Å². The van der Waals surface area contributed by atoms with Gasteiger partial charge in [0, 0.05) is 0 Å². The zero-order valence-electron chi connectivity index (χ0n) is 14.7. The molecule has 0 N–H and O–H groups in total. The smallest absolute Gasteiger partial charge is 0.142 e. The molecule has 2 rings (SSSR count). The van der Waals surface area contributed by atoms with Gasteiger partial charge in [0.25, 0.3) is 0 Å². The maximum Gasteiger partial charge on any atom is 0.142 e. The van der Waals surface area contributed by atoms with E-state index in [1.165, 1.54) is 44.1 Å². The molecule has 2 saturated carbocycles. The Labute approximate surface area is 131 Å². The molecule has 4 unspecified atom stereocenters. The van der Waals surface area contributed by atoms with Crippen LogP contribution in [0.2, 0.25) is 0 Å². The van der Waals surface area contributed by atoms with Crippen LogP contribution in [0.3, 0.4) is 0 Å². The van der Waals surface area contributed by atoms with Crippen molar-refractivity contribution in [2.24, 2.45) is 28.6 Å². The van der Waals surface area contributed by atoms with Crippen molar-refractivity contribution in [1.82, 2.24) is 0 Å². The van der Waals surface area contributed by atoms with Crippen LogP contribution in [0.5, 0.6) is 0 Å². The molecular weight excluding hydrogens is 256 g/mol. The van der Waals surface area contributed by atoms with Crippen molar-refractivity contribution in [2.75, 3.05) is 0 Å². The minimum atomic E-state index is 0.513. The Bertz CT molecular complexity index is 406. The highest BCUT2D eigenvalue weighted by Crippen LogP contribution is 2.62. The number of hydrogen-bond donors (Lipinski definition) is 0. The fourth-order valence-electron chi connectivity index (χ4n) is 5.81. The summed E-state index contributed by atoms with van der Waals surface area (Å²) in [6.45, 7) is 12.1. The molecule has 0 saturated heterocycles. The summed E-state index contributed by atoms with van der Waals surface area (Å²) in [6.07, 6.45) is 12.1. The van der Waals surface area contributed by atoms with E-state index in [0.717, 1.165) is 30.5 Å². The lowest BCUT2D eigenvalue weighted by Gasteiger charge is -2.59. The minimum absolute atomic E-state index is 0.513. The zero-order chi connectivity index (χ0) is 15.7. The van der Waals surface area contributed by atoms with E-state index in [4.69, 9.17) is 0 Å². The molecule has 0 aromatic rings. The highest BCUT2D eigenvalue weighted by Gasteiger charge is 2.53. The lowest BCUT2D eigenvalue weighted by atomic mass is 9.46. The molecule has 4 atom stereocenters. The van der Waals surface area contributed by atoms with E-state index < -0.39 is 0 Å². The highest BCUT2D eigenvalue weighted by molar-refractivity contribution is 5.65. The SMILES string of the molecule is CC(=CC=O)CCC1C(C)CCC2C(C)(C)CCCC12C. The fraction of sp³-hybridized carbons (Fsp3) is 0.850. The Morgan fingerprint density at radius 2 is 1.90 bits per heavy atom. The predicted molar refractivity (Wildman–Crippen MR) is 90.2 cm³/mol. The second kappa shape index (κ2) is 6.26. The summed E-state index contributed by atoms with van der Waals surface area (Å²) in [4.78, 5) is 10.6. The van der Waals surface area contributed by atoms with Crippen LogP contribution < -0.4 is 0 Å². The van der Waals surface area contributed by atoms with Gasteiger partial charge < -0.3 is 0 Å². The molecule has 0 spiro atoms. The van der Waals surface area contributed by atoms with E-state index in [1.807, 2.05) is 0 Å². The van der Waals surface area contributed by atoms with E-state index in [1.54, 1.807) is 6.08 Å². The van der Waals surface area contributed by atoms with Gasteiger partial charge in [-0.2, -0.15) is 0 Å². The summed E-state index contributed by atoms with van der Waals surface area (Å²) in [7, 11) is 0. The van der Waals surface area contributed by atoms with Crippen LogP contribution >= 0.6 is 0 Å². The van der Waals surface area contributed by atoms with Gasteiger partial charge in [-0.3, -0.25) is 4.79 Å². The maximum atomic E-state index is 10.6. The first-order valence-electron chi connectivity index (χ1n) is 8.92. The van der Waals surface area contributed by atoms with Crippen LogP contribution in [-0.4, -0.2) is 6.29 Å². The van der Waals surface area contributed by atoms with Crippen molar-refractivity contribution in [1.29, 1.82) is 0 Å². The number of rotatable bonds is 4. The number of carbonyl (C=O) groups is 1. The Kier molecular flexibility index (Phi) is 5.00. The molecule has 120 valence electrons. The third-order valence-corrected chi connectivity index (χ3v) is 6.92. The number of hydrogen-bond acceptors (Lipinski definition) is 1. The molecule has 2 aliphatic carbocycles. The van der Waals surface area contributed by atoms with Gasteiger partial charge in [0.2, 0.25) is 0 Å². The van der Waals surface area contributed by atoms with E-state index in [2.05, 4.69) is 34.6 Å². The first kappa shape index (κ1) is 16.8. The Morgan fingerprint density at radius 3 is 2.57 bits per heavy atom. The van der Waals surface area contributed by atoms with Crippen molar-refractivity contribution < 1.29 is 4.79 Å². The van der Waals surface area contributed by atoms with Crippen LogP contribution in [-0.2, 0) is 4.79 Å². The van der Waals surface area contributed by atoms with Crippen molar-refractivity contribution in [3.05, 3.63) is 11.6 Å². The van der Waals surface area contributed by atoms with Crippen molar-refractivity contribution >= 4 is 6.29 Å². The first-order valence-corrected chi connectivity index (χ1v) is 8.92. The molecule has 0 radical (unpaired) electrons. The number of carbonyl (C=O) groups excluding carboxylic acids is 1. The molecule has 0 amide bonds. The topological polar surface area (TPSA) is 17.1 Å². The molecule has 0 heterocycles. The summed E-state index contributed by atoms with van der Waals surface area (Å²) >= 11 is 0. The van der Waals surface area contributed by atoms with Crippen LogP contribution in [0.1, 0.15) is 79.6 Å². The fourth-order valence-corrected chi connectivity index (χ4v) is 5.81.